The topological polar surface area (TPSA) is 89.3 Å². The summed E-state index contributed by atoms with van der Waals surface area (Å²) < 4.78 is 5.30. The number of methoxy groups -OCH3 is 1. The average Bonchev–Trinajstić information content (AvgIpc) is 2.82. The summed E-state index contributed by atoms with van der Waals surface area (Å²) in [4.78, 5) is 17.2. The fourth-order valence-corrected chi connectivity index (χ4v) is 3.37. The van der Waals surface area contributed by atoms with E-state index in [1.54, 1.807) is 19.5 Å². The molecule has 1 aromatic heterocycles. The molecule has 3 aromatic rings. The second-order valence-electron chi connectivity index (χ2n) is 7.39. The van der Waals surface area contributed by atoms with Crippen molar-refractivity contribution in [3.63, 3.8) is 0 Å². The van der Waals surface area contributed by atoms with E-state index in [0.29, 0.717) is 12.1 Å². The number of unbranched alkanes of at least 4 members (excludes halogenated alkanes) is 1. The van der Waals surface area contributed by atoms with Crippen LogP contribution in [0.25, 0.3) is 11.1 Å². The molecule has 0 radical (unpaired) electrons. The zero-order valence-corrected chi connectivity index (χ0v) is 18.1. The molecule has 4 N–H and O–H groups in total. The van der Waals surface area contributed by atoms with Crippen molar-refractivity contribution in [2.75, 3.05) is 25.5 Å². The zero-order chi connectivity index (χ0) is 22.1. The molecule has 6 heteroatoms. The molecule has 0 saturated heterocycles. The van der Waals surface area contributed by atoms with Gasteiger partial charge in [-0.05, 0) is 79.4 Å². The second kappa shape index (κ2) is 11.1. The number of rotatable bonds is 10. The molecule has 2 aromatic carbocycles. The number of hydrogen-bond donors (Lipinski definition) is 3. The molecule has 6 nitrogen and oxygen atoms in total. The summed E-state index contributed by atoms with van der Waals surface area (Å²) >= 11 is 0. The maximum Gasteiger partial charge on any atom is 0.253 e. The Morgan fingerprint density at radius 3 is 2.61 bits per heavy atom. The molecule has 0 saturated carbocycles. The van der Waals surface area contributed by atoms with Gasteiger partial charge in [0.15, 0.2) is 0 Å². The summed E-state index contributed by atoms with van der Waals surface area (Å²) in [5.41, 5.74) is 10.1. The number of pyridine rings is 1. The van der Waals surface area contributed by atoms with Crippen molar-refractivity contribution >= 4 is 11.6 Å². The van der Waals surface area contributed by atoms with Gasteiger partial charge in [0, 0.05) is 24.6 Å². The van der Waals surface area contributed by atoms with Crippen LogP contribution < -0.4 is 21.1 Å². The normalized spacial score (nSPS) is 11.6. The lowest BCUT2D eigenvalue weighted by molar-refractivity contribution is 0.0940. The largest absolute Gasteiger partial charge is 0.497 e. The van der Waals surface area contributed by atoms with Crippen molar-refractivity contribution in [2.45, 2.75) is 25.8 Å². The number of amides is 1. The number of carbonyl (C=O) groups excluding carboxylic acids is 1. The van der Waals surface area contributed by atoms with Crippen LogP contribution in [0.5, 0.6) is 5.75 Å². The molecule has 1 atom stereocenters. The number of hydrogen-bond acceptors (Lipinski definition) is 5. The van der Waals surface area contributed by atoms with E-state index in [1.807, 2.05) is 61.5 Å². The van der Waals surface area contributed by atoms with E-state index in [0.717, 1.165) is 47.5 Å². The number of nitrogens with two attached hydrogens (primary N) is 1. The van der Waals surface area contributed by atoms with E-state index < -0.39 is 0 Å². The van der Waals surface area contributed by atoms with Crippen LogP contribution in [0.15, 0.2) is 67.0 Å². The Hall–Kier alpha value is -3.38. The molecule has 31 heavy (non-hydrogen) atoms. The minimum absolute atomic E-state index is 0.127. The first-order chi connectivity index (χ1) is 15.1. The summed E-state index contributed by atoms with van der Waals surface area (Å²) in [6.07, 6.45) is 5.41. The highest BCUT2D eigenvalue weighted by molar-refractivity contribution is 6.00. The predicted octanol–water partition coefficient (Wildman–Crippen LogP) is 4.40. The van der Waals surface area contributed by atoms with Crippen molar-refractivity contribution in [3.05, 3.63) is 78.1 Å². The third kappa shape index (κ3) is 6.06. The van der Waals surface area contributed by atoms with Crippen LogP contribution in [-0.2, 0) is 0 Å². The lowest BCUT2D eigenvalue weighted by Crippen LogP contribution is -2.27. The Morgan fingerprint density at radius 2 is 1.87 bits per heavy atom. The zero-order valence-electron chi connectivity index (χ0n) is 18.1. The highest BCUT2D eigenvalue weighted by atomic mass is 16.5. The number of benzene rings is 2. The molecule has 1 amide bonds. The van der Waals surface area contributed by atoms with Crippen molar-refractivity contribution in [1.82, 2.24) is 10.3 Å². The third-order valence-corrected chi connectivity index (χ3v) is 5.17. The van der Waals surface area contributed by atoms with E-state index >= 15 is 0 Å². The predicted molar refractivity (Wildman–Crippen MR) is 125 cm³/mol. The molecule has 0 aliphatic rings. The molecular formula is C25H30N4O2. The number of nitrogens with zero attached hydrogens (tertiary/aromatic N) is 1. The molecule has 0 unspecified atom stereocenters. The van der Waals surface area contributed by atoms with Crippen LogP contribution in [0.3, 0.4) is 0 Å². The van der Waals surface area contributed by atoms with Gasteiger partial charge >= 0.3 is 0 Å². The Morgan fingerprint density at radius 1 is 1.06 bits per heavy atom. The van der Waals surface area contributed by atoms with Gasteiger partial charge in [0.05, 0.1) is 18.7 Å². The van der Waals surface area contributed by atoms with Gasteiger partial charge in [-0.2, -0.15) is 0 Å². The van der Waals surface area contributed by atoms with Gasteiger partial charge in [-0.15, -0.1) is 0 Å². The van der Waals surface area contributed by atoms with Gasteiger partial charge in [0.2, 0.25) is 0 Å². The standard InChI is InChI=1S/C25H30N4O2/c1-18(20-6-5-7-22(16-20)31-2)29-25(30)23-9-8-21(19-10-14-27-15-11-19)17-24(23)28-13-4-3-12-26/h5-11,14-18,28H,3-4,12-13,26H2,1-2H3,(H,29,30)/t18-/m1/s1. The van der Waals surface area contributed by atoms with E-state index in [-0.39, 0.29) is 11.9 Å². The first kappa shape index (κ1) is 22.3. The first-order valence-electron chi connectivity index (χ1n) is 10.6. The molecule has 1 heterocycles. The summed E-state index contributed by atoms with van der Waals surface area (Å²) in [5.74, 6) is 0.639. The number of ether oxygens (including phenoxy) is 1. The maximum absolute atomic E-state index is 13.1. The number of nitrogens with one attached hydrogen (secondary N) is 2. The molecule has 0 aliphatic heterocycles. The van der Waals surface area contributed by atoms with Crippen molar-refractivity contribution in [3.8, 4) is 16.9 Å². The smallest absolute Gasteiger partial charge is 0.253 e. The SMILES string of the molecule is COc1cccc([C@@H](C)NC(=O)c2ccc(-c3ccncc3)cc2NCCCCN)c1. The fraction of sp³-hybridized carbons (Fsp3) is 0.280. The summed E-state index contributed by atoms with van der Waals surface area (Å²) in [5, 5.41) is 6.52. The monoisotopic (exact) mass is 418 g/mol. The third-order valence-electron chi connectivity index (χ3n) is 5.17. The van der Waals surface area contributed by atoms with Gasteiger partial charge in [-0.1, -0.05) is 18.2 Å². The van der Waals surface area contributed by atoms with Gasteiger partial charge in [-0.3, -0.25) is 9.78 Å². The Labute approximate surface area is 183 Å². The van der Waals surface area contributed by atoms with E-state index in [9.17, 15) is 4.79 Å². The Kier molecular flexibility index (Phi) is 8.01. The van der Waals surface area contributed by atoms with E-state index in [1.165, 1.54) is 0 Å². The molecule has 0 fully saturated rings. The lowest BCUT2D eigenvalue weighted by Gasteiger charge is -2.18. The number of anilines is 1. The van der Waals surface area contributed by atoms with Crippen LogP contribution in [0, 0.1) is 0 Å². The molecular weight excluding hydrogens is 388 g/mol. The van der Waals surface area contributed by atoms with Crippen LogP contribution in [0.4, 0.5) is 5.69 Å². The van der Waals surface area contributed by atoms with Crippen molar-refractivity contribution < 1.29 is 9.53 Å². The van der Waals surface area contributed by atoms with Crippen LogP contribution in [-0.4, -0.2) is 31.1 Å². The maximum atomic E-state index is 13.1. The number of carbonyl (C=O) groups is 1. The first-order valence-corrected chi connectivity index (χ1v) is 10.6. The minimum Gasteiger partial charge on any atom is -0.497 e. The lowest BCUT2D eigenvalue weighted by atomic mass is 10.0. The van der Waals surface area contributed by atoms with Crippen LogP contribution >= 0.6 is 0 Å². The Bertz CT molecular complexity index is 992. The van der Waals surface area contributed by atoms with Gasteiger partial charge in [-0.25, -0.2) is 0 Å². The highest BCUT2D eigenvalue weighted by Gasteiger charge is 2.16. The summed E-state index contributed by atoms with van der Waals surface area (Å²) in [7, 11) is 1.63. The molecule has 0 aliphatic carbocycles. The fourth-order valence-electron chi connectivity index (χ4n) is 3.37. The summed E-state index contributed by atoms with van der Waals surface area (Å²) in [6, 6.07) is 17.3. The van der Waals surface area contributed by atoms with Crippen molar-refractivity contribution in [1.29, 1.82) is 0 Å². The number of aromatic nitrogens is 1. The Balaban J connectivity index is 1.82. The van der Waals surface area contributed by atoms with Crippen LogP contribution in [0.2, 0.25) is 0 Å². The van der Waals surface area contributed by atoms with Crippen LogP contribution in [0.1, 0.15) is 41.7 Å². The quantitative estimate of drug-likeness (QED) is 0.425. The van der Waals surface area contributed by atoms with Gasteiger partial charge in [0.25, 0.3) is 5.91 Å². The molecule has 0 spiro atoms. The van der Waals surface area contributed by atoms with E-state index in [2.05, 4.69) is 15.6 Å². The molecule has 0 bridgehead atoms. The highest BCUT2D eigenvalue weighted by Crippen LogP contribution is 2.27. The minimum atomic E-state index is -0.160. The second-order valence-corrected chi connectivity index (χ2v) is 7.39. The van der Waals surface area contributed by atoms with Crippen molar-refractivity contribution in [2.24, 2.45) is 5.73 Å². The summed E-state index contributed by atoms with van der Waals surface area (Å²) in [6.45, 7) is 3.37. The van der Waals surface area contributed by atoms with E-state index in [4.69, 9.17) is 10.5 Å². The molecule has 162 valence electrons. The van der Waals surface area contributed by atoms with Gasteiger partial charge < -0.3 is 21.1 Å². The average molecular weight is 419 g/mol. The molecule has 3 rings (SSSR count). The van der Waals surface area contributed by atoms with Gasteiger partial charge in [0.1, 0.15) is 5.75 Å².